The SMILES string of the molecule is N=C(c1ccc(C(=O)Nc2ccc3c(c2)C[C@@H](CC(=O)O)CO3)cc1)N1CCOCC1. The summed E-state index contributed by atoms with van der Waals surface area (Å²) >= 11 is 0. The minimum absolute atomic E-state index is 0.0574. The highest BCUT2D eigenvalue weighted by Crippen LogP contribution is 2.31. The zero-order valence-corrected chi connectivity index (χ0v) is 17.1. The summed E-state index contributed by atoms with van der Waals surface area (Å²) in [4.78, 5) is 25.6. The maximum Gasteiger partial charge on any atom is 0.303 e. The van der Waals surface area contributed by atoms with Crippen molar-refractivity contribution >= 4 is 23.4 Å². The van der Waals surface area contributed by atoms with E-state index in [9.17, 15) is 9.59 Å². The highest BCUT2D eigenvalue weighted by Gasteiger charge is 2.23. The number of amidine groups is 1. The van der Waals surface area contributed by atoms with Crippen molar-refractivity contribution in [2.24, 2.45) is 5.92 Å². The summed E-state index contributed by atoms with van der Waals surface area (Å²) in [6.07, 6.45) is 0.658. The molecule has 1 atom stereocenters. The number of ether oxygens (including phenoxy) is 2. The Balaban J connectivity index is 1.40. The quantitative estimate of drug-likeness (QED) is 0.504. The van der Waals surface area contributed by atoms with Crippen LogP contribution in [0.25, 0.3) is 0 Å². The molecule has 1 amide bonds. The van der Waals surface area contributed by atoms with Crippen LogP contribution in [0.4, 0.5) is 5.69 Å². The van der Waals surface area contributed by atoms with Gasteiger partial charge < -0.3 is 24.8 Å². The van der Waals surface area contributed by atoms with Gasteiger partial charge in [0.15, 0.2) is 0 Å². The third-order valence-corrected chi connectivity index (χ3v) is 5.51. The summed E-state index contributed by atoms with van der Waals surface area (Å²) in [7, 11) is 0. The van der Waals surface area contributed by atoms with E-state index in [2.05, 4.69) is 5.32 Å². The van der Waals surface area contributed by atoms with Crippen LogP contribution < -0.4 is 10.1 Å². The lowest BCUT2D eigenvalue weighted by Gasteiger charge is -2.29. The molecule has 1 fully saturated rings. The van der Waals surface area contributed by atoms with Gasteiger partial charge in [0.25, 0.3) is 5.91 Å². The number of aliphatic carboxylic acids is 1. The van der Waals surface area contributed by atoms with E-state index in [1.165, 1.54) is 0 Å². The molecule has 2 heterocycles. The molecule has 0 aliphatic carbocycles. The summed E-state index contributed by atoms with van der Waals surface area (Å²) in [5.74, 6) is -0.00775. The van der Waals surface area contributed by atoms with Gasteiger partial charge in [-0.1, -0.05) is 12.1 Å². The van der Waals surface area contributed by atoms with Crippen molar-refractivity contribution in [1.29, 1.82) is 5.41 Å². The lowest BCUT2D eigenvalue weighted by Crippen LogP contribution is -2.40. The van der Waals surface area contributed by atoms with Crippen LogP contribution in [-0.4, -0.2) is 60.6 Å². The minimum Gasteiger partial charge on any atom is -0.493 e. The first-order chi connectivity index (χ1) is 15.0. The van der Waals surface area contributed by atoms with Crippen molar-refractivity contribution < 1.29 is 24.2 Å². The van der Waals surface area contributed by atoms with Gasteiger partial charge in [0.2, 0.25) is 0 Å². The molecule has 0 bridgehead atoms. The largest absolute Gasteiger partial charge is 0.493 e. The number of morpholine rings is 1. The number of fused-ring (bicyclic) bond motifs is 1. The fraction of sp³-hybridized carbons (Fsp3) is 0.348. The van der Waals surface area contributed by atoms with Crippen LogP contribution in [0.15, 0.2) is 42.5 Å². The molecule has 8 nitrogen and oxygen atoms in total. The van der Waals surface area contributed by atoms with E-state index in [0.29, 0.717) is 56.4 Å². The van der Waals surface area contributed by atoms with Crippen molar-refractivity contribution in [3.8, 4) is 5.75 Å². The summed E-state index contributed by atoms with van der Waals surface area (Å²) in [5, 5.41) is 20.2. The molecule has 2 aromatic rings. The van der Waals surface area contributed by atoms with E-state index >= 15 is 0 Å². The van der Waals surface area contributed by atoms with Gasteiger partial charge in [0.05, 0.1) is 26.2 Å². The van der Waals surface area contributed by atoms with Gasteiger partial charge in [-0.05, 0) is 42.3 Å². The molecular weight excluding hydrogens is 398 g/mol. The second kappa shape index (κ2) is 9.18. The standard InChI is InChI=1S/C23H25N3O5/c24-22(26-7-9-30-10-8-26)16-1-3-17(4-2-16)23(29)25-19-5-6-20-18(13-19)11-15(14-31-20)12-21(27)28/h1-6,13,15,24H,7-12,14H2,(H,25,29)(H,27,28)/t15-/m0/s1. The van der Waals surface area contributed by atoms with Crippen LogP contribution in [0.3, 0.4) is 0 Å². The summed E-state index contributed by atoms with van der Waals surface area (Å²) < 4.78 is 11.0. The topological polar surface area (TPSA) is 112 Å². The number of nitrogens with zero attached hydrogens (tertiary/aromatic N) is 1. The number of nitrogens with one attached hydrogen (secondary N) is 2. The number of carbonyl (C=O) groups excluding carboxylic acids is 1. The van der Waals surface area contributed by atoms with Gasteiger partial charge in [-0.15, -0.1) is 0 Å². The number of benzene rings is 2. The summed E-state index contributed by atoms with van der Waals surface area (Å²) in [5.41, 5.74) is 2.78. The molecule has 0 spiro atoms. The second-order valence-corrected chi connectivity index (χ2v) is 7.78. The fourth-order valence-corrected chi connectivity index (χ4v) is 3.87. The van der Waals surface area contributed by atoms with Crippen LogP contribution in [0.5, 0.6) is 5.75 Å². The van der Waals surface area contributed by atoms with Gasteiger partial charge in [0, 0.05) is 35.8 Å². The van der Waals surface area contributed by atoms with E-state index in [4.69, 9.17) is 20.0 Å². The van der Waals surface area contributed by atoms with E-state index in [0.717, 1.165) is 16.9 Å². The number of hydrogen-bond acceptors (Lipinski definition) is 5. The molecule has 2 aliphatic heterocycles. The fourth-order valence-electron chi connectivity index (χ4n) is 3.87. The Morgan fingerprint density at radius 2 is 1.81 bits per heavy atom. The van der Waals surface area contributed by atoms with Crippen LogP contribution >= 0.6 is 0 Å². The van der Waals surface area contributed by atoms with Crippen LogP contribution in [0.2, 0.25) is 0 Å². The number of anilines is 1. The summed E-state index contributed by atoms with van der Waals surface area (Å²) in [6.45, 7) is 3.00. The lowest BCUT2D eigenvalue weighted by molar-refractivity contribution is -0.138. The molecule has 0 unspecified atom stereocenters. The predicted molar refractivity (Wildman–Crippen MR) is 115 cm³/mol. The molecule has 8 heteroatoms. The highest BCUT2D eigenvalue weighted by molar-refractivity contribution is 6.05. The monoisotopic (exact) mass is 423 g/mol. The Hall–Kier alpha value is -3.39. The first-order valence-corrected chi connectivity index (χ1v) is 10.3. The Morgan fingerprint density at radius 1 is 1.10 bits per heavy atom. The average Bonchev–Trinajstić information content (AvgIpc) is 2.78. The van der Waals surface area contributed by atoms with E-state index in [-0.39, 0.29) is 18.2 Å². The first kappa shape index (κ1) is 20.9. The molecule has 2 aliphatic rings. The summed E-state index contributed by atoms with van der Waals surface area (Å²) in [6, 6.07) is 12.4. The third-order valence-electron chi connectivity index (χ3n) is 5.51. The van der Waals surface area contributed by atoms with Crippen molar-refractivity contribution in [2.45, 2.75) is 12.8 Å². The second-order valence-electron chi connectivity index (χ2n) is 7.78. The molecular formula is C23H25N3O5. The molecule has 0 radical (unpaired) electrons. The zero-order valence-electron chi connectivity index (χ0n) is 17.1. The Kier molecular flexibility index (Phi) is 6.18. The maximum absolute atomic E-state index is 12.7. The Labute approximate surface area is 180 Å². The maximum atomic E-state index is 12.7. The number of hydrogen-bond donors (Lipinski definition) is 3. The van der Waals surface area contributed by atoms with Crippen LogP contribution in [0.1, 0.15) is 27.9 Å². The van der Waals surface area contributed by atoms with Crippen molar-refractivity contribution in [3.05, 3.63) is 59.2 Å². The van der Waals surface area contributed by atoms with Gasteiger partial charge in [-0.2, -0.15) is 0 Å². The number of carbonyl (C=O) groups is 2. The molecule has 31 heavy (non-hydrogen) atoms. The molecule has 2 aromatic carbocycles. The smallest absolute Gasteiger partial charge is 0.303 e. The van der Waals surface area contributed by atoms with Crippen molar-refractivity contribution in [2.75, 3.05) is 38.2 Å². The number of rotatable bonds is 5. The lowest BCUT2D eigenvalue weighted by atomic mass is 9.94. The van der Waals surface area contributed by atoms with Gasteiger partial charge in [0.1, 0.15) is 11.6 Å². The van der Waals surface area contributed by atoms with Crippen LogP contribution in [0, 0.1) is 11.3 Å². The normalized spacial score (nSPS) is 17.9. The number of amides is 1. The van der Waals surface area contributed by atoms with Gasteiger partial charge in [-0.3, -0.25) is 15.0 Å². The predicted octanol–water partition coefficient (Wildman–Crippen LogP) is 2.62. The molecule has 0 saturated carbocycles. The molecule has 0 aromatic heterocycles. The van der Waals surface area contributed by atoms with Gasteiger partial charge >= 0.3 is 5.97 Å². The number of carboxylic acid groups (broad SMARTS) is 1. The first-order valence-electron chi connectivity index (χ1n) is 10.3. The molecule has 4 rings (SSSR count). The minimum atomic E-state index is -0.841. The van der Waals surface area contributed by atoms with Gasteiger partial charge in [-0.25, -0.2) is 0 Å². The third kappa shape index (κ3) is 5.03. The van der Waals surface area contributed by atoms with E-state index < -0.39 is 5.97 Å². The Morgan fingerprint density at radius 3 is 2.52 bits per heavy atom. The molecule has 1 saturated heterocycles. The highest BCUT2D eigenvalue weighted by atomic mass is 16.5. The van der Waals surface area contributed by atoms with Crippen LogP contribution in [-0.2, 0) is 16.0 Å². The average molecular weight is 423 g/mol. The van der Waals surface area contributed by atoms with Crippen molar-refractivity contribution in [1.82, 2.24) is 4.90 Å². The molecule has 3 N–H and O–H groups in total. The number of carboxylic acids is 1. The van der Waals surface area contributed by atoms with E-state index in [1.807, 2.05) is 11.0 Å². The van der Waals surface area contributed by atoms with Crippen molar-refractivity contribution in [3.63, 3.8) is 0 Å². The van der Waals surface area contributed by atoms with E-state index in [1.54, 1.807) is 36.4 Å². The Bertz CT molecular complexity index is 983. The zero-order chi connectivity index (χ0) is 21.8. The molecule has 162 valence electrons.